The maximum atomic E-state index is 10.5. The van der Waals surface area contributed by atoms with E-state index in [1.807, 2.05) is 0 Å². The molecule has 4 atom stereocenters. The third-order valence-corrected chi connectivity index (χ3v) is 6.24. The monoisotopic (exact) mass is 383 g/mol. The van der Waals surface area contributed by atoms with Gasteiger partial charge in [0.25, 0.3) is 0 Å². The van der Waals surface area contributed by atoms with Crippen molar-refractivity contribution in [2.45, 2.75) is 45.1 Å². The van der Waals surface area contributed by atoms with E-state index in [1.165, 1.54) is 16.7 Å². The zero-order valence-corrected chi connectivity index (χ0v) is 17.8. The lowest BCUT2D eigenvalue weighted by Gasteiger charge is -2.18. The molecule has 0 aliphatic heterocycles. The predicted octanol–water partition coefficient (Wildman–Crippen LogP) is 4.40. The van der Waals surface area contributed by atoms with Crippen LogP contribution in [-0.4, -0.2) is 50.0 Å². The number of fused-ring (bicyclic) bond motifs is 1. The molecule has 0 radical (unpaired) electrons. The fourth-order valence-corrected chi connectivity index (χ4v) is 4.71. The number of benzene rings is 1. The first-order chi connectivity index (χ1) is 13.5. The van der Waals surface area contributed by atoms with Crippen molar-refractivity contribution in [2.75, 3.05) is 33.9 Å². The zero-order chi connectivity index (χ0) is 19.9. The predicted molar refractivity (Wildman–Crippen MR) is 116 cm³/mol. The Morgan fingerprint density at radius 2 is 2.07 bits per heavy atom. The number of hydrogen-bond acceptors (Lipinski definition) is 3. The van der Waals surface area contributed by atoms with Crippen molar-refractivity contribution in [3.05, 3.63) is 59.2 Å². The van der Waals surface area contributed by atoms with Crippen molar-refractivity contribution in [3.63, 3.8) is 0 Å². The summed E-state index contributed by atoms with van der Waals surface area (Å²) in [6.07, 6.45) is 12.1. The van der Waals surface area contributed by atoms with Gasteiger partial charge in [0.05, 0.1) is 19.3 Å². The van der Waals surface area contributed by atoms with Gasteiger partial charge >= 0.3 is 0 Å². The molecular weight excluding hydrogens is 346 g/mol. The molecular formula is C25H37NO2. The smallest absolute Gasteiger partial charge is 0.0611 e. The molecule has 0 bridgehead atoms. The maximum absolute atomic E-state index is 10.5. The van der Waals surface area contributed by atoms with Gasteiger partial charge in [-0.2, -0.15) is 0 Å². The minimum Gasteiger partial charge on any atom is -0.392 e. The van der Waals surface area contributed by atoms with Crippen LogP contribution in [0, 0.1) is 24.7 Å². The van der Waals surface area contributed by atoms with Crippen molar-refractivity contribution in [1.29, 1.82) is 0 Å². The molecule has 28 heavy (non-hydrogen) atoms. The Labute approximate surface area is 171 Å². The molecule has 1 aromatic carbocycles. The van der Waals surface area contributed by atoms with Crippen LogP contribution in [0.5, 0.6) is 0 Å². The number of ether oxygens (including phenoxy) is 1. The number of hydrogen-bond donors (Lipinski definition) is 1. The molecule has 3 nitrogen and oxygen atoms in total. The average molecular weight is 384 g/mol. The number of likely N-dealkylation sites (N-methyl/N-ethyl adjacent to an activating group) is 1. The summed E-state index contributed by atoms with van der Waals surface area (Å²) in [7, 11) is 4.15. The molecule has 0 heterocycles. The van der Waals surface area contributed by atoms with E-state index in [9.17, 15) is 5.11 Å². The first-order valence-corrected chi connectivity index (χ1v) is 10.8. The second kappa shape index (κ2) is 10.4. The topological polar surface area (TPSA) is 32.7 Å². The summed E-state index contributed by atoms with van der Waals surface area (Å²) in [5.41, 5.74) is 4.25. The highest BCUT2D eigenvalue weighted by molar-refractivity contribution is 5.23. The van der Waals surface area contributed by atoms with Gasteiger partial charge in [0.2, 0.25) is 0 Å². The number of allylic oxidation sites excluding steroid dienone is 2. The molecule has 0 unspecified atom stereocenters. The van der Waals surface area contributed by atoms with Crippen LogP contribution in [0.25, 0.3) is 0 Å². The van der Waals surface area contributed by atoms with Crippen LogP contribution in [0.15, 0.2) is 48.1 Å². The van der Waals surface area contributed by atoms with Crippen LogP contribution in [-0.2, 0) is 11.2 Å². The molecule has 1 fully saturated rings. The third kappa shape index (κ3) is 6.04. The van der Waals surface area contributed by atoms with Gasteiger partial charge in [-0.25, -0.2) is 0 Å². The number of aliphatic hydroxyl groups excluding tert-OH is 1. The molecule has 1 aromatic rings. The fraction of sp³-hybridized carbons (Fsp3) is 0.600. The molecule has 3 heteroatoms. The van der Waals surface area contributed by atoms with Gasteiger partial charge in [-0.1, -0.05) is 53.6 Å². The van der Waals surface area contributed by atoms with E-state index in [0.717, 1.165) is 51.9 Å². The Bertz CT molecular complexity index is 679. The van der Waals surface area contributed by atoms with Crippen LogP contribution in [0.3, 0.4) is 0 Å². The first kappa shape index (κ1) is 21.3. The van der Waals surface area contributed by atoms with Gasteiger partial charge in [0.1, 0.15) is 0 Å². The molecule has 2 aliphatic rings. The van der Waals surface area contributed by atoms with E-state index in [0.29, 0.717) is 17.8 Å². The molecule has 0 saturated heterocycles. The van der Waals surface area contributed by atoms with Gasteiger partial charge < -0.3 is 14.7 Å². The SMILES string of the molecule is Cc1cccc(CCC=C[C@@H]2[C@H]3CC(CCOCCN(C)C)=C[C@H]3C[C@H]2O)c1. The Morgan fingerprint density at radius 3 is 2.86 bits per heavy atom. The van der Waals surface area contributed by atoms with Crippen LogP contribution in [0.4, 0.5) is 0 Å². The molecule has 0 aromatic heterocycles. The van der Waals surface area contributed by atoms with Crippen LogP contribution < -0.4 is 0 Å². The molecule has 2 aliphatic carbocycles. The highest BCUT2D eigenvalue weighted by Gasteiger charge is 2.43. The van der Waals surface area contributed by atoms with Gasteiger partial charge in [-0.05, 0) is 70.5 Å². The quantitative estimate of drug-likeness (QED) is 0.480. The molecule has 0 spiro atoms. The molecule has 3 rings (SSSR count). The Kier molecular flexibility index (Phi) is 7.90. The summed E-state index contributed by atoms with van der Waals surface area (Å²) in [6, 6.07) is 8.75. The number of aryl methyl sites for hydroxylation is 2. The Balaban J connectivity index is 1.42. The summed E-state index contributed by atoms with van der Waals surface area (Å²) < 4.78 is 5.76. The number of aliphatic hydroxyl groups is 1. The minimum atomic E-state index is -0.181. The summed E-state index contributed by atoms with van der Waals surface area (Å²) in [6.45, 7) is 4.75. The first-order valence-electron chi connectivity index (χ1n) is 10.8. The number of rotatable bonds is 10. The van der Waals surface area contributed by atoms with E-state index in [2.05, 4.69) is 68.4 Å². The molecule has 0 amide bonds. The minimum absolute atomic E-state index is 0.181. The van der Waals surface area contributed by atoms with Crippen molar-refractivity contribution >= 4 is 0 Å². The van der Waals surface area contributed by atoms with Crippen LogP contribution in [0.1, 0.15) is 36.8 Å². The summed E-state index contributed by atoms with van der Waals surface area (Å²) in [5, 5.41) is 10.5. The van der Waals surface area contributed by atoms with Crippen molar-refractivity contribution in [3.8, 4) is 0 Å². The largest absolute Gasteiger partial charge is 0.392 e. The summed E-state index contributed by atoms with van der Waals surface area (Å²) in [4.78, 5) is 2.15. The van der Waals surface area contributed by atoms with E-state index >= 15 is 0 Å². The lowest BCUT2D eigenvalue weighted by molar-refractivity contribution is 0.119. The summed E-state index contributed by atoms with van der Waals surface area (Å²) in [5.74, 6) is 1.45. The lowest BCUT2D eigenvalue weighted by Crippen LogP contribution is -2.18. The van der Waals surface area contributed by atoms with Crippen molar-refractivity contribution in [2.24, 2.45) is 17.8 Å². The molecule has 1 N–H and O–H groups in total. The standard InChI is InChI=1S/C25H37NO2/c1-19-7-6-9-20(15-19)8-4-5-10-23-24-17-21(16-22(24)18-25(23)27)11-13-28-14-12-26(2)3/h5-7,9-10,15-16,22-25,27H,4,8,11-14,17-18H2,1-3H3/t22-,23+,24-,25+/m0/s1. The Hall–Kier alpha value is -1.42. The zero-order valence-electron chi connectivity index (χ0n) is 17.8. The summed E-state index contributed by atoms with van der Waals surface area (Å²) >= 11 is 0. The van der Waals surface area contributed by atoms with E-state index in [1.54, 1.807) is 0 Å². The lowest BCUT2D eigenvalue weighted by atomic mass is 9.89. The van der Waals surface area contributed by atoms with Crippen molar-refractivity contribution in [1.82, 2.24) is 4.90 Å². The second-order valence-corrected chi connectivity index (χ2v) is 8.86. The van der Waals surface area contributed by atoms with E-state index in [4.69, 9.17) is 4.74 Å². The third-order valence-electron chi connectivity index (χ3n) is 6.24. The highest BCUT2D eigenvalue weighted by Crippen LogP contribution is 2.47. The van der Waals surface area contributed by atoms with Gasteiger partial charge in [-0.3, -0.25) is 0 Å². The highest BCUT2D eigenvalue weighted by atomic mass is 16.5. The van der Waals surface area contributed by atoms with Crippen molar-refractivity contribution < 1.29 is 9.84 Å². The van der Waals surface area contributed by atoms with E-state index < -0.39 is 0 Å². The average Bonchev–Trinajstić information content (AvgIpc) is 3.15. The molecule has 1 saturated carbocycles. The Morgan fingerprint density at radius 1 is 1.21 bits per heavy atom. The van der Waals surface area contributed by atoms with E-state index in [-0.39, 0.29) is 6.10 Å². The maximum Gasteiger partial charge on any atom is 0.0611 e. The van der Waals surface area contributed by atoms with Crippen LogP contribution >= 0.6 is 0 Å². The molecule has 154 valence electrons. The van der Waals surface area contributed by atoms with Gasteiger partial charge in [0, 0.05) is 12.5 Å². The fourth-order valence-electron chi connectivity index (χ4n) is 4.71. The second-order valence-electron chi connectivity index (χ2n) is 8.86. The van der Waals surface area contributed by atoms with Crippen LogP contribution in [0.2, 0.25) is 0 Å². The van der Waals surface area contributed by atoms with Gasteiger partial charge in [0.15, 0.2) is 0 Å². The number of nitrogens with zero attached hydrogens (tertiary/aromatic N) is 1. The normalized spacial score (nSPS) is 27.0. The van der Waals surface area contributed by atoms with Gasteiger partial charge in [-0.15, -0.1) is 0 Å².